The van der Waals surface area contributed by atoms with E-state index in [-0.39, 0.29) is 6.10 Å². The molecular weight excluding hydrogens is 142 g/mol. The maximum absolute atomic E-state index is 5.53. The van der Waals surface area contributed by atoms with E-state index in [9.17, 15) is 0 Å². The molecule has 0 radical (unpaired) electrons. The average Bonchev–Trinajstić information content (AvgIpc) is 2.35. The number of hydrogen-bond donors (Lipinski definition) is 1. The third-order valence-electron chi connectivity index (χ3n) is 2.10. The van der Waals surface area contributed by atoms with Gasteiger partial charge in [-0.15, -0.1) is 0 Å². The third-order valence-corrected chi connectivity index (χ3v) is 2.10. The topological polar surface area (TPSA) is 30.5 Å². The minimum atomic E-state index is 0.264. The molecule has 0 aromatic rings. The normalized spacial score (nSPS) is 37.8. The largest absolute Gasteiger partial charge is 0.377 e. The van der Waals surface area contributed by atoms with Gasteiger partial charge in [-0.05, 0) is 0 Å². The molecule has 0 aromatic heterocycles. The fraction of sp³-hybridized carbons (Fsp3) is 0.750. The Balaban J connectivity index is 1.97. The Kier molecular flexibility index (Phi) is 2.21. The summed E-state index contributed by atoms with van der Waals surface area (Å²) in [6.45, 7) is 3.20. The first kappa shape index (κ1) is 7.28. The van der Waals surface area contributed by atoms with Crippen molar-refractivity contribution in [1.29, 1.82) is 0 Å². The van der Waals surface area contributed by atoms with Crippen LogP contribution in [0.15, 0.2) is 12.2 Å². The van der Waals surface area contributed by atoms with Crippen LogP contribution in [0, 0.1) is 0 Å². The molecule has 0 unspecified atom stereocenters. The van der Waals surface area contributed by atoms with Crippen LogP contribution in [0.5, 0.6) is 0 Å². The van der Waals surface area contributed by atoms with Crippen molar-refractivity contribution in [3.05, 3.63) is 12.2 Å². The standard InChI is InChI=1S/C8H13NO2/c1-2-4-11-8-6-10-5-7(8)9-3-1/h1-2,7-9H,3-6H2/t7-,8-/m1/s1. The van der Waals surface area contributed by atoms with Crippen LogP contribution < -0.4 is 5.32 Å². The fourth-order valence-electron chi connectivity index (χ4n) is 1.44. The van der Waals surface area contributed by atoms with Gasteiger partial charge in [0.15, 0.2) is 0 Å². The molecule has 0 spiro atoms. The van der Waals surface area contributed by atoms with Crippen molar-refractivity contribution >= 4 is 0 Å². The Hall–Kier alpha value is -0.380. The van der Waals surface area contributed by atoms with Crippen molar-refractivity contribution in [2.24, 2.45) is 0 Å². The molecule has 3 heteroatoms. The molecule has 11 heavy (non-hydrogen) atoms. The van der Waals surface area contributed by atoms with Crippen molar-refractivity contribution < 1.29 is 9.47 Å². The number of ether oxygens (including phenoxy) is 2. The monoisotopic (exact) mass is 155 g/mol. The van der Waals surface area contributed by atoms with Crippen LogP contribution >= 0.6 is 0 Å². The number of fused-ring (bicyclic) bond motifs is 1. The molecule has 0 amide bonds. The predicted octanol–water partition coefficient (Wildman–Crippen LogP) is -0.0702. The first-order valence-electron chi connectivity index (χ1n) is 4.04. The predicted molar refractivity (Wildman–Crippen MR) is 41.5 cm³/mol. The van der Waals surface area contributed by atoms with Gasteiger partial charge in [-0.1, -0.05) is 12.2 Å². The number of nitrogens with one attached hydrogen (secondary N) is 1. The quantitative estimate of drug-likeness (QED) is 0.497. The summed E-state index contributed by atoms with van der Waals surface area (Å²) in [7, 11) is 0. The Morgan fingerprint density at radius 2 is 2.27 bits per heavy atom. The maximum atomic E-state index is 5.53. The van der Waals surface area contributed by atoms with E-state index in [1.54, 1.807) is 0 Å². The van der Waals surface area contributed by atoms with E-state index in [0.29, 0.717) is 6.04 Å². The molecule has 62 valence electrons. The Bertz CT molecular complexity index is 142. The lowest BCUT2D eigenvalue weighted by Crippen LogP contribution is -2.41. The lowest BCUT2D eigenvalue weighted by Gasteiger charge is -2.19. The molecule has 2 heterocycles. The molecule has 1 saturated heterocycles. The van der Waals surface area contributed by atoms with Crippen LogP contribution in [0.2, 0.25) is 0 Å². The Morgan fingerprint density at radius 1 is 1.27 bits per heavy atom. The van der Waals surface area contributed by atoms with E-state index in [0.717, 1.165) is 26.4 Å². The van der Waals surface area contributed by atoms with Gasteiger partial charge in [0.1, 0.15) is 0 Å². The summed E-state index contributed by atoms with van der Waals surface area (Å²) in [5.41, 5.74) is 0. The van der Waals surface area contributed by atoms with Crippen molar-refractivity contribution in [2.45, 2.75) is 12.1 Å². The van der Waals surface area contributed by atoms with Gasteiger partial charge >= 0.3 is 0 Å². The second kappa shape index (κ2) is 3.34. The minimum Gasteiger partial charge on any atom is -0.377 e. The summed E-state index contributed by atoms with van der Waals surface area (Å²) >= 11 is 0. The minimum absolute atomic E-state index is 0.264. The van der Waals surface area contributed by atoms with Crippen molar-refractivity contribution in [1.82, 2.24) is 5.32 Å². The molecule has 0 aliphatic carbocycles. The molecule has 2 rings (SSSR count). The highest BCUT2D eigenvalue weighted by Crippen LogP contribution is 2.10. The molecular formula is C8H13NO2. The van der Waals surface area contributed by atoms with E-state index in [1.807, 2.05) is 6.08 Å². The van der Waals surface area contributed by atoms with Crippen LogP contribution in [0.4, 0.5) is 0 Å². The summed E-state index contributed by atoms with van der Waals surface area (Å²) in [6, 6.07) is 0.403. The summed E-state index contributed by atoms with van der Waals surface area (Å²) < 4.78 is 10.8. The third kappa shape index (κ3) is 1.61. The van der Waals surface area contributed by atoms with E-state index in [1.165, 1.54) is 0 Å². The average molecular weight is 155 g/mol. The summed E-state index contributed by atoms with van der Waals surface area (Å²) in [6.07, 6.45) is 4.40. The van der Waals surface area contributed by atoms with E-state index in [2.05, 4.69) is 11.4 Å². The molecule has 0 saturated carbocycles. The highest BCUT2D eigenvalue weighted by molar-refractivity contribution is 4.92. The van der Waals surface area contributed by atoms with Crippen molar-refractivity contribution in [3.63, 3.8) is 0 Å². The number of hydrogen-bond acceptors (Lipinski definition) is 3. The van der Waals surface area contributed by atoms with Gasteiger partial charge in [0, 0.05) is 6.54 Å². The molecule has 1 fully saturated rings. The smallest absolute Gasteiger partial charge is 0.0987 e. The van der Waals surface area contributed by atoms with Gasteiger partial charge in [0.2, 0.25) is 0 Å². The molecule has 1 N–H and O–H groups in total. The highest BCUT2D eigenvalue weighted by atomic mass is 16.5. The van der Waals surface area contributed by atoms with Gasteiger partial charge in [-0.3, -0.25) is 0 Å². The highest BCUT2D eigenvalue weighted by Gasteiger charge is 2.28. The molecule has 2 atom stereocenters. The lowest BCUT2D eigenvalue weighted by atomic mass is 10.2. The van der Waals surface area contributed by atoms with Gasteiger partial charge in [0.25, 0.3) is 0 Å². The molecule has 0 bridgehead atoms. The molecule has 0 aromatic carbocycles. The summed E-state index contributed by atoms with van der Waals surface area (Å²) in [5.74, 6) is 0. The first-order chi connectivity index (χ1) is 5.47. The zero-order valence-electron chi connectivity index (χ0n) is 6.45. The SMILES string of the molecule is C1=CCO[C@@H]2COC[C@H]2NC1. The summed E-state index contributed by atoms with van der Waals surface area (Å²) in [5, 5.41) is 3.35. The second-order valence-corrected chi connectivity index (χ2v) is 2.90. The summed E-state index contributed by atoms with van der Waals surface area (Å²) in [4.78, 5) is 0. The zero-order chi connectivity index (χ0) is 7.52. The van der Waals surface area contributed by atoms with Gasteiger partial charge in [-0.25, -0.2) is 0 Å². The van der Waals surface area contributed by atoms with Crippen LogP contribution in [-0.4, -0.2) is 38.5 Å². The van der Waals surface area contributed by atoms with E-state index in [4.69, 9.17) is 9.47 Å². The van der Waals surface area contributed by atoms with Gasteiger partial charge in [0.05, 0.1) is 32.0 Å². The van der Waals surface area contributed by atoms with Crippen LogP contribution in [0.3, 0.4) is 0 Å². The van der Waals surface area contributed by atoms with Crippen LogP contribution in [0.1, 0.15) is 0 Å². The van der Waals surface area contributed by atoms with Crippen molar-refractivity contribution in [2.75, 3.05) is 26.4 Å². The Labute approximate surface area is 66.4 Å². The van der Waals surface area contributed by atoms with Gasteiger partial charge < -0.3 is 14.8 Å². The van der Waals surface area contributed by atoms with E-state index >= 15 is 0 Å². The lowest BCUT2D eigenvalue weighted by molar-refractivity contribution is 0.0495. The molecule has 2 aliphatic rings. The Morgan fingerprint density at radius 3 is 3.27 bits per heavy atom. The van der Waals surface area contributed by atoms with Gasteiger partial charge in [-0.2, -0.15) is 0 Å². The van der Waals surface area contributed by atoms with Crippen LogP contribution in [0.25, 0.3) is 0 Å². The van der Waals surface area contributed by atoms with Crippen molar-refractivity contribution in [3.8, 4) is 0 Å². The molecule has 2 aliphatic heterocycles. The van der Waals surface area contributed by atoms with Crippen LogP contribution in [-0.2, 0) is 9.47 Å². The van der Waals surface area contributed by atoms with E-state index < -0.39 is 0 Å². The maximum Gasteiger partial charge on any atom is 0.0987 e. The first-order valence-corrected chi connectivity index (χ1v) is 4.04. The molecule has 3 nitrogen and oxygen atoms in total. The second-order valence-electron chi connectivity index (χ2n) is 2.90. The fourth-order valence-corrected chi connectivity index (χ4v) is 1.44. The number of rotatable bonds is 0. The zero-order valence-corrected chi connectivity index (χ0v) is 6.45.